The molecule has 1 aliphatic rings. The van der Waals surface area contributed by atoms with Crippen LogP contribution in [-0.2, 0) is 0 Å². The van der Waals surface area contributed by atoms with E-state index < -0.39 is 0 Å². The third kappa shape index (κ3) is 2.63. The maximum absolute atomic E-state index is 12.4. The van der Waals surface area contributed by atoms with Crippen molar-refractivity contribution < 1.29 is 4.79 Å². The van der Waals surface area contributed by atoms with E-state index in [0.29, 0.717) is 17.0 Å². The van der Waals surface area contributed by atoms with Gasteiger partial charge in [-0.1, -0.05) is 11.8 Å². The van der Waals surface area contributed by atoms with Crippen molar-refractivity contribution in [2.75, 3.05) is 5.75 Å². The maximum Gasteiger partial charge on any atom is 0.187 e. The second kappa shape index (κ2) is 5.40. The third-order valence-corrected chi connectivity index (χ3v) is 4.45. The Morgan fingerprint density at radius 1 is 1.35 bits per heavy atom. The lowest BCUT2D eigenvalue weighted by molar-refractivity contribution is 0.102. The Hall–Kier alpha value is -1.62. The van der Waals surface area contributed by atoms with E-state index in [0.717, 1.165) is 11.3 Å². The van der Waals surface area contributed by atoms with Gasteiger partial charge in [-0.3, -0.25) is 4.79 Å². The Kier molecular flexibility index (Phi) is 3.61. The molecule has 1 saturated carbocycles. The number of aryl methyl sites for hydroxylation is 1. The maximum atomic E-state index is 12.4. The lowest BCUT2D eigenvalue weighted by Crippen LogP contribution is -2.06. The molecule has 2 heterocycles. The zero-order chi connectivity index (χ0) is 14.1. The highest BCUT2D eigenvalue weighted by molar-refractivity contribution is 7.99. The summed E-state index contributed by atoms with van der Waals surface area (Å²) in [5, 5.41) is 0.650. The molecule has 20 heavy (non-hydrogen) atoms. The quantitative estimate of drug-likeness (QED) is 0.481. The molecule has 0 bridgehead atoms. The van der Waals surface area contributed by atoms with Crippen LogP contribution in [0.4, 0.5) is 0 Å². The Morgan fingerprint density at radius 3 is 2.70 bits per heavy atom. The summed E-state index contributed by atoms with van der Waals surface area (Å²) in [4.78, 5) is 20.6. The van der Waals surface area contributed by atoms with Crippen LogP contribution < -0.4 is 0 Å². The molecule has 0 aromatic carbocycles. The number of aromatic nitrogens is 3. The van der Waals surface area contributed by atoms with Crippen molar-refractivity contribution in [3.8, 4) is 0 Å². The molecule has 3 rings (SSSR count). The number of nitrogens with zero attached hydrogens (tertiary/aromatic N) is 3. The molecule has 2 aromatic heterocycles. The molecule has 104 valence electrons. The average Bonchev–Trinajstić information content (AvgIpc) is 3.23. The van der Waals surface area contributed by atoms with Gasteiger partial charge in [-0.05, 0) is 38.8 Å². The van der Waals surface area contributed by atoms with Gasteiger partial charge < -0.3 is 4.57 Å². The Balaban J connectivity index is 1.73. The minimum absolute atomic E-state index is 0.155. The molecule has 0 saturated heterocycles. The standard InChI is InChI=1S/C15H17N3OS/c1-10-8-13(11(2)18(10)12-4-5-12)14(19)9-20-15-16-6-3-7-17-15/h3,6-8,12H,4-5,9H2,1-2H3. The number of rotatable bonds is 5. The fraction of sp³-hybridized carbons (Fsp3) is 0.400. The van der Waals surface area contributed by atoms with Crippen LogP contribution >= 0.6 is 11.8 Å². The summed E-state index contributed by atoms with van der Waals surface area (Å²) in [6.07, 6.45) is 5.85. The predicted octanol–water partition coefficient (Wildman–Crippen LogP) is 3.20. The molecule has 4 nitrogen and oxygen atoms in total. The van der Waals surface area contributed by atoms with Crippen molar-refractivity contribution >= 4 is 17.5 Å². The molecule has 0 unspecified atom stereocenters. The number of hydrogen-bond donors (Lipinski definition) is 0. The van der Waals surface area contributed by atoms with Crippen LogP contribution in [0.1, 0.15) is 40.6 Å². The Morgan fingerprint density at radius 2 is 2.05 bits per heavy atom. The van der Waals surface area contributed by atoms with Gasteiger partial charge >= 0.3 is 0 Å². The molecule has 1 fully saturated rings. The number of thioether (sulfide) groups is 1. The molecule has 1 aliphatic carbocycles. The minimum Gasteiger partial charge on any atom is -0.345 e. The van der Waals surface area contributed by atoms with Crippen LogP contribution in [0, 0.1) is 13.8 Å². The van der Waals surface area contributed by atoms with Gasteiger partial charge in [-0.15, -0.1) is 0 Å². The van der Waals surface area contributed by atoms with Gasteiger partial charge in [0.25, 0.3) is 0 Å². The Bertz CT molecular complexity index is 632. The van der Waals surface area contributed by atoms with E-state index in [-0.39, 0.29) is 5.78 Å². The van der Waals surface area contributed by atoms with Crippen molar-refractivity contribution in [2.45, 2.75) is 37.9 Å². The zero-order valence-corrected chi connectivity index (χ0v) is 12.5. The van der Waals surface area contributed by atoms with Crippen molar-refractivity contribution in [3.05, 3.63) is 41.5 Å². The summed E-state index contributed by atoms with van der Waals surface area (Å²) in [6, 6.07) is 4.40. The number of carbonyl (C=O) groups is 1. The summed E-state index contributed by atoms with van der Waals surface area (Å²) >= 11 is 1.39. The fourth-order valence-electron chi connectivity index (χ4n) is 2.52. The third-order valence-electron chi connectivity index (χ3n) is 3.57. The van der Waals surface area contributed by atoms with Gasteiger partial charge in [-0.25, -0.2) is 9.97 Å². The molecule has 2 aromatic rings. The first-order chi connectivity index (χ1) is 9.66. The first-order valence-corrected chi connectivity index (χ1v) is 7.77. The monoisotopic (exact) mass is 287 g/mol. The van der Waals surface area contributed by atoms with Crippen molar-refractivity contribution in [1.82, 2.24) is 14.5 Å². The molecule has 0 N–H and O–H groups in total. The first-order valence-electron chi connectivity index (χ1n) is 6.78. The van der Waals surface area contributed by atoms with Gasteiger partial charge in [0.2, 0.25) is 0 Å². The normalized spacial score (nSPS) is 14.5. The van der Waals surface area contributed by atoms with Crippen LogP contribution in [-0.4, -0.2) is 26.1 Å². The van der Waals surface area contributed by atoms with Crippen LogP contribution in [0.2, 0.25) is 0 Å². The molecule has 0 radical (unpaired) electrons. The topological polar surface area (TPSA) is 47.8 Å². The summed E-state index contributed by atoms with van der Waals surface area (Å²) in [7, 11) is 0. The fourth-order valence-corrected chi connectivity index (χ4v) is 3.21. The number of ketones is 1. The van der Waals surface area contributed by atoms with E-state index in [1.807, 2.05) is 13.0 Å². The molecule has 0 spiro atoms. The van der Waals surface area contributed by atoms with E-state index in [2.05, 4.69) is 21.5 Å². The van der Waals surface area contributed by atoms with Crippen LogP contribution in [0.25, 0.3) is 0 Å². The lowest BCUT2D eigenvalue weighted by atomic mass is 10.2. The van der Waals surface area contributed by atoms with Gasteiger partial charge in [-0.2, -0.15) is 0 Å². The van der Waals surface area contributed by atoms with Gasteiger partial charge in [0.05, 0.1) is 5.75 Å². The van der Waals surface area contributed by atoms with E-state index in [9.17, 15) is 4.79 Å². The highest BCUT2D eigenvalue weighted by Gasteiger charge is 2.28. The summed E-state index contributed by atoms with van der Waals surface area (Å²) < 4.78 is 2.30. The van der Waals surface area contributed by atoms with Crippen LogP contribution in [0.3, 0.4) is 0 Å². The molecule has 0 atom stereocenters. The minimum atomic E-state index is 0.155. The molecular weight excluding hydrogens is 270 g/mol. The average molecular weight is 287 g/mol. The van der Waals surface area contributed by atoms with E-state index in [1.165, 1.54) is 30.3 Å². The van der Waals surface area contributed by atoms with Gasteiger partial charge in [0.1, 0.15) is 0 Å². The summed E-state index contributed by atoms with van der Waals surface area (Å²) in [5.41, 5.74) is 3.14. The largest absolute Gasteiger partial charge is 0.345 e. The molecule has 0 aliphatic heterocycles. The second-order valence-electron chi connectivity index (χ2n) is 5.13. The lowest BCUT2D eigenvalue weighted by Gasteiger charge is -2.07. The smallest absolute Gasteiger partial charge is 0.187 e. The van der Waals surface area contributed by atoms with Crippen molar-refractivity contribution in [1.29, 1.82) is 0 Å². The second-order valence-corrected chi connectivity index (χ2v) is 6.07. The van der Waals surface area contributed by atoms with Crippen molar-refractivity contribution in [2.24, 2.45) is 0 Å². The SMILES string of the molecule is Cc1cc(C(=O)CSc2ncccn2)c(C)n1C1CC1. The number of carbonyl (C=O) groups excluding carboxylic acids is 1. The van der Waals surface area contributed by atoms with Gasteiger partial charge in [0.15, 0.2) is 10.9 Å². The van der Waals surface area contributed by atoms with E-state index in [4.69, 9.17) is 0 Å². The summed E-state index contributed by atoms with van der Waals surface area (Å²) in [6.45, 7) is 4.12. The van der Waals surface area contributed by atoms with Crippen molar-refractivity contribution in [3.63, 3.8) is 0 Å². The number of hydrogen-bond acceptors (Lipinski definition) is 4. The predicted molar refractivity (Wildman–Crippen MR) is 79.3 cm³/mol. The summed E-state index contributed by atoms with van der Waals surface area (Å²) in [5.74, 6) is 0.543. The molecule has 0 amide bonds. The number of Topliss-reactive ketones (excluding diaryl/α,β-unsaturated/α-hetero) is 1. The van der Waals surface area contributed by atoms with Gasteiger partial charge in [0, 0.05) is 35.4 Å². The van der Waals surface area contributed by atoms with Crippen LogP contribution in [0.5, 0.6) is 0 Å². The Labute approximate surface area is 122 Å². The zero-order valence-electron chi connectivity index (χ0n) is 11.7. The first kappa shape index (κ1) is 13.4. The van der Waals surface area contributed by atoms with E-state index in [1.54, 1.807) is 18.5 Å². The highest BCUT2D eigenvalue weighted by atomic mass is 32.2. The molecular formula is C15H17N3OS. The van der Waals surface area contributed by atoms with Crippen LogP contribution in [0.15, 0.2) is 29.7 Å². The highest BCUT2D eigenvalue weighted by Crippen LogP contribution is 2.38. The van der Waals surface area contributed by atoms with E-state index >= 15 is 0 Å². The molecule has 5 heteroatoms.